The van der Waals surface area contributed by atoms with Crippen LogP contribution in [0.3, 0.4) is 0 Å². The van der Waals surface area contributed by atoms with Gasteiger partial charge in [-0.25, -0.2) is 0 Å². The second-order valence-corrected chi connectivity index (χ2v) is 5.10. The third-order valence-electron chi connectivity index (χ3n) is 2.97. The van der Waals surface area contributed by atoms with Gasteiger partial charge >= 0.3 is 0 Å². The fourth-order valence-electron chi connectivity index (χ4n) is 2.02. The van der Waals surface area contributed by atoms with Gasteiger partial charge in [-0.3, -0.25) is 0 Å². The summed E-state index contributed by atoms with van der Waals surface area (Å²) < 4.78 is 5.35. The van der Waals surface area contributed by atoms with Gasteiger partial charge in [-0.15, -0.1) is 0 Å². The molecule has 1 aromatic heterocycles. The molecule has 2 aromatic carbocycles. The molecule has 0 bridgehead atoms. The zero-order valence-electron chi connectivity index (χ0n) is 10.3. The van der Waals surface area contributed by atoms with Crippen LogP contribution in [0.5, 0.6) is 0 Å². The first kappa shape index (κ1) is 13.0. The van der Waals surface area contributed by atoms with Gasteiger partial charge in [-0.2, -0.15) is 0 Å². The Balaban J connectivity index is 2.20. The van der Waals surface area contributed by atoms with Crippen molar-refractivity contribution in [2.45, 2.75) is 0 Å². The molecule has 0 saturated carbocycles. The number of anilines is 1. The predicted octanol–water partition coefficient (Wildman–Crippen LogP) is 4.90. The van der Waals surface area contributed by atoms with E-state index in [1.807, 2.05) is 30.3 Å². The number of rotatable bonds is 2. The summed E-state index contributed by atoms with van der Waals surface area (Å²) in [5.74, 6) is 0.885. The molecule has 3 nitrogen and oxygen atoms in total. The van der Waals surface area contributed by atoms with E-state index in [-0.39, 0.29) is 0 Å². The van der Waals surface area contributed by atoms with Crippen LogP contribution in [0, 0.1) is 0 Å². The van der Waals surface area contributed by atoms with Crippen LogP contribution in [0.1, 0.15) is 0 Å². The molecule has 0 aliphatic rings. The Bertz CT molecular complexity index is 751. The van der Waals surface area contributed by atoms with E-state index in [9.17, 15) is 0 Å². The zero-order chi connectivity index (χ0) is 14.1. The van der Waals surface area contributed by atoms with Crippen molar-refractivity contribution in [3.05, 3.63) is 58.6 Å². The van der Waals surface area contributed by atoms with Crippen LogP contribution in [0.15, 0.2) is 53.1 Å². The molecule has 0 unspecified atom stereocenters. The summed E-state index contributed by atoms with van der Waals surface area (Å²) in [6.45, 7) is 0. The minimum absolute atomic E-state index is 0.308. The predicted molar refractivity (Wildman–Crippen MR) is 81.8 cm³/mol. The quantitative estimate of drug-likeness (QED) is 0.732. The summed E-state index contributed by atoms with van der Waals surface area (Å²) in [6.07, 6.45) is 0. The van der Waals surface area contributed by atoms with Crippen molar-refractivity contribution >= 4 is 29.0 Å². The van der Waals surface area contributed by atoms with Crippen LogP contribution in [-0.4, -0.2) is 5.16 Å². The maximum absolute atomic E-state index is 6.23. The minimum Gasteiger partial charge on any atom is -0.380 e. The van der Waals surface area contributed by atoms with E-state index in [1.54, 1.807) is 18.2 Å². The van der Waals surface area contributed by atoms with Crippen LogP contribution >= 0.6 is 23.2 Å². The lowest BCUT2D eigenvalue weighted by atomic mass is 10.0. The molecule has 0 aliphatic carbocycles. The molecule has 0 spiro atoms. The first-order valence-electron chi connectivity index (χ1n) is 5.93. The first-order chi connectivity index (χ1) is 9.66. The van der Waals surface area contributed by atoms with E-state index in [0.29, 0.717) is 27.2 Å². The Morgan fingerprint density at radius 1 is 0.950 bits per heavy atom. The molecular weight excluding hydrogens is 295 g/mol. The fraction of sp³-hybridized carbons (Fsp3) is 0. The molecule has 0 radical (unpaired) electrons. The van der Waals surface area contributed by atoms with E-state index < -0.39 is 0 Å². The standard InChI is InChI=1S/C15H10Cl2N2O/c16-10-7-5-9(6-8-10)14-13(15(18)19-20-14)11-3-1-2-4-12(11)17/h1-8H,(H2,18,19). The van der Waals surface area contributed by atoms with Crippen molar-refractivity contribution in [1.82, 2.24) is 5.16 Å². The Morgan fingerprint density at radius 2 is 1.65 bits per heavy atom. The van der Waals surface area contributed by atoms with Crippen LogP contribution in [0.4, 0.5) is 5.82 Å². The molecule has 1 heterocycles. The van der Waals surface area contributed by atoms with Gasteiger partial charge in [-0.1, -0.05) is 46.6 Å². The monoisotopic (exact) mass is 304 g/mol. The normalized spacial score (nSPS) is 10.7. The molecule has 3 aromatic rings. The number of nitrogen functional groups attached to an aromatic ring is 1. The van der Waals surface area contributed by atoms with Crippen LogP contribution in [0.2, 0.25) is 10.0 Å². The molecule has 0 saturated heterocycles. The summed E-state index contributed by atoms with van der Waals surface area (Å²) >= 11 is 12.1. The number of hydrogen-bond acceptors (Lipinski definition) is 3. The Morgan fingerprint density at radius 3 is 2.35 bits per heavy atom. The van der Waals surface area contributed by atoms with Gasteiger partial charge in [0.2, 0.25) is 0 Å². The smallest absolute Gasteiger partial charge is 0.176 e. The van der Waals surface area contributed by atoms with Gasteiger partial charge in [0.1, 0.15) is 0 Å². The summed E-state index contributed by atoms with van der Waals surface area (Å²) in [5.41, 5.74) is 8.24. The second-order valence-electron chi connectivity index (χ2n) is 4.26. The second kappa shape index (κ2) is 5.19. The Kier molecular flexibility index (Phi) is 3.38. The molecular formula is C15H10Cl2N2O. The number of halogens is 2. The highest BCUT2D eigenvalue weighted by atomic mass is 35.5. The summed E-state index contributed by atoms with van der Waals surface area (Å²) in [7, 11) is 0. The third-order valence-corrected chi connectivity index (χ3v) is 3.55. The van der Waals surface area contributed by atoms with Gasteiger partial charge in [0.05, 0.1) is 5.56 Å². The van der Waals surface area contributed by atoms with Gasteiger partial charge in [-0.05, 0) is 30.3 Å². The highest BCUT2D eigenvalue weighted by Crippen LogP contribution is 2.39. The van der Waals surface area contributed by atoms with Crippen molar-refractivity contribution < 1.29 is 4.52 Å². The molecule has 0 aliphatic heterocycles. The number of hydrogen-bond donors (Lipinski definition) is 1. The van der Waals surface area contributed by atoms with Crippen molar-refractivity contribution in [3.8, 4) is 22.5 Å². The Hall–Kier alpha value is -1.97. The highest BCUT2D eigenvalue weighted by Gasteiger charge is 2.19. The molecule has 5 heteroatoms. The van der Waals surface area contributed by atoms with Crippen LogP contribution in [-0.2, 0) is 0 Å². The number of benzene rings is 2. The average Bonchev–Trinajstić information content (AvgIpc) is 2.82. The van der Waals surface area contributed by atoms with Gasteiger partial charge in [0, 0.05) is 21.2 Å². The lowest BCUT2D eigenvalue weighted by Gasteiger charge is -2.05. The van der Waals surface area contributed by atoms with Gasteiger partial charge < -0.3 is 10.3 Å². The lowest BCUT2D eigenvalue weighted by Crippen LogP contribution is -1.89. The van der Waals surface area contributed by atoms with E-state index in [1.165, 1.54) is 0 Å². The van der Waals surface area contributed by atoms with E-state index in [4.69, 9.17) is 33.5 Å². The molecule has 3 rings (SSSR count). The van der Waals surface area contributed by atoms with Crippen molar-refractivity contribution in [2.75, 3.05) is 5.73 Å². The van der Waals surface area contributed by atoms with E-state index >= 15 is 0 Å². The van der Waals surface area contributed by atoms with Crippen LogP contribution in [0.25, 0.3) is 22.5 Å². The summed E-state index contributed by atoms with van der Waals surface area (Å²) in [6, 6.07) is 14.7. The maximum atomic E-state index is 6.23. The first-order valence-corrected chi connectivity index (χ1v) is 6.68. The molecule has 0 amide bonds. The van der Waals surface area contributed by atoms with Crippen molar-refractivity contribution in [3.63, 3.8) is 0 Å². The van der Waals surface area contributed by atoms with Crippen LogP contribution < -0.4 is 5.73 Å². The summed E-state index contributed by atoms with van der Waals surface area (Å²) in [4.78, 5) is 0. The largest absolute Gasteiger partial charge is 0.380 e. The minimum atomic E-state index is 0.308. The Labute approximate surface area is 125 Å². The number of aromatic nitrogens is 1. The van der Waals surface area contributed by atoms with Crippen molar-refractivity contribution in [1.29, 1.82) is 0 Å². The number of nitrogens with zero attached hydrogens (tertiary/aromatic N) is 1. The average molecular weight is 305 g/mol. The van der Waals surface area contributed by atoms with E-state index in [0.717, 1.165) is 11.1 Å². The number of nitrogens with two attached hydrogens (primary N) is 1. The molecule has 2 N–H and O–H groups in total. The van der Waals surface area contributed by atoms with Gasteiger partial charge in [0.25, 0.3) is 0 Å². The highest BCUT2D eigenvalue weighted by molar-refractivity contribution is 6.33. The molecule has 20 heavy (non-hydrogen) atoms. The fourth-order valence-corrected chi connectivity index (χ4v) is 2.38. The summed E-state index contributed by atoms with van der Waals surface area (Å²) in [5, 5.41) is 5.09. The van der Waals surface area contributed by atoms with Crippen molar-refractivity contribution in [2.24, 2.45) is 0 Å². The molecule has 100 valence electrons. The van der Waals surface area contributed by atoms with E-state index in [2.05, 4.69) is 5.16 Å². The third kappa shape index (κ3) is 2.26. The lowest BCUT2D eigenvalue weighted by molar-refractivity contribution is 0.436. The topological polar surface area (TPSA) is 52.0 Å². The van der Waals surface area contributed by atoms with Gasteiger partial charge in [0.15, 0.2) is 11.6 Å². The maximum Gasteiger partial charge on any atom is 0.176 e. The zero-order valence-corrected chi connectivity index (χ0v) is 11.8. The molecule has 0 fully saturated rings. The SMILES string of the molecule is Nc1noc(-c2ccc(Cl)cc2)c1-c1ccccc1Cl. The molecule has 0 atom stereocenters.